The molecule has 0 bridgehead atoms. The largest absolute Gasteiger partial charge is 0.484 e. The zero-order valence-electron chi connectivity index (χ0n) is 14.2. The van der Waals surface area contributed by atoms with Crippen LogP contribution >= 0.6 is 11.6 Å². The number of nitrogens with two attached hydrogens (primary N) is 1. The van der Waals surface area contributed by atoms with E-state index >= 15 is 0 Å². The number of carbonyl (C=O) groups excluding carboxylic acids is 2. The van der Waals surface area contributed by atoms with Crippen LogP contribution in [0.4, 0.5) is 5.69 Å². The first-order valence-electron chi connectivity index (χ1n) is 8.34. The second-order valence-electron chi connectivity index (χ2n) is 6.00. The van der Waals surface area contributed by atoms with Crippen LogP contribution in [0.2, 0.25) is 5.02 Å². The van der Waals surface area contributed by atoms with Gasteiger partial charge in [0.1, 0.15) is 5.75 Å². The molecular weight excluding hydrogens is 354 g/mol. The number of amides is 2. The quantitative estimate of drug-likeness (QED) is 0.871. The van der Waals surface area contributed by atoms with Crippen molar-refractivity contribution in [2.45, 2.75) is 0 Å². The summed E-state index contributed by atoms with van der Waals surface area (Å²) in [7, 11) is 0. The summed E-state index contributed by atoms with van der Waals surface area (Å²) in [6.45, 7) is 2.65. The number of anilines is 1. The molecule has 136 valence electrons. The van der Waals surface area contributed by atoms with Crippen LogP contribution in [0, 0.1) is 0 Å². The molecule has 0 radical (unpaired) electrons. The monoisotopic (exact) mass is 373 g/mol. The normalized spacial score (nSPS) is 14.2. The van der Waals surface area contributed by atoms with Crippen molar-refractivity contribution in [2.24, 2.45) is 5.73 Å². The van der Waals surface area contributed by atoms with Gasteiger partial charge in [0.25, 0.3) is 5.91 Å². The van der Waals surface area contributed by atoms with Gasteiger partial charge in [-0.25, -0.2) is 0 Å². The number of primary amides is 1. The third-order valence-electron chi connectivity index (χ3n) is 4.33. The maximum Gasteiger partial charge on any atom is 0.260 e. The molecule has 2 aromatic rings. The predicted molar refractivity (Wildman–Crippen MR) is 101 cm³/mol. The minimum Gasteiger partial charge on any atom is -0.484 e. The molecule has 0 aliphatic carbocycles. The van der Waals surface area contributed by atoms with Crippen molar-refractivity contribution in [1.29, 1.82) is 0 Å². The van der Waals surface area contributed by atoms with Gasteiger partial charge in [-0.1, -0.05) is 23.7 Å². The van der Waals surface area contributed by atoms with Crippen molar-refractivity contribution in [3.05, 3.63) is 59.1 Å². The fourth-order valence-electron chi connectivity index (χ4n) is 2.86. The Bertz CT molecular complexity index is 787. The van der Waals surface area contributed by atoms with Gasteiger partial charge in [-0.05, 0) is 36.4 Å². The number of nitrogens with zero attached hydrogens (tertiary/aromatic N) is 2. The highest BCUT2D eigenvalue weighted by atomic mass is 35.5. The topological polar surface area (TPSA) is 75.9 Å². The molecule has 1 heterocycles. The van der Waals surface area contributed by atoms with E-state index in [9.17, 15) is 9.59 Å². The average Bonchev–Trinajstić information content (AvgIpc) is 2.67. The lowest BCUT2D eigenvalue weighted by atomic mass is 10.2. The van der Waals surface area contributed by atoms with E-state index < -0.39 is 5.91 Å². The summed E-state index contributed by atoms with van der Waals surface area (Å²) in [6, 6.07) is 14.1. The first-order valence-corrected chi connectivity index (χ1v) is 8.72. The molecule has 1 saturated heterocycles. The number of piperazine rings is 1. The number of para-hydroxylation sites is 1. The number of carbonyl (C=O) groups is 2. The minimum absolute atomic E-state index is 0.0397. The van der Waals surface area contributed by atoms with E-state index in [4.69, 9.17) is 22.1 Å². The second kappa shape index (κ2) is 8.10. The Morgan fingerprint density at radius 3 is 2.27 bits per heavy atom. The SMILES string of the molecule is NC(=O)c1ccc(OCC(=O)N2CCN(c3ccccc3Cl)CC2)cc1. The van der Waals surface area contributed by atoms with Crippen molar-refractivity contribution in [3.63, 3.8) is 0 Å². The number of hydrogen-bond donors (Lipinski definition) is 1. The lowest BCUT2D eigenvalue weighted by Crippen LogP contribution is -2.50. The van der Waals surface area contributed by atoms with Crippen LogP contribution in [-0.2, 0) is 4.79 Å². The van der Waals surface area contributed by atoms with Gasteiger partial charge in [0.15, 0.2) is 6.61 Å². The van der Waals surface area contributed by atoms with Crippen LogP contribution < -0.4 is 15.4 Å². The third-order valence-corrected chi connectivity index (χ3v) is 4.65. The molecule has 7 heteroatoms. The lowest BCUT2D eigenvalue weighted by Gasteiger charge is -2.36. The number of halogens is 1. The van der Waals surface area contributed by atoms with Gasteiger partial charge in [0.2, 0.25) is 5.91 Å². The van der Waals surface area contributed by atoms with E-state index in [1.165, 1.54) is 0 Å². The highest BCUT2D eigenvalue weighted by Crippen LogP contribution is 2.26. The molecule has 1 aliphatic heterocycles. The summed E-state index contributed by atoms with van der Waals surface area (Å²) in [6.07, 6.45) is 0. The number of hydrogen-bond acceptors (Lipinski definition) is 4. The Kier molecular flexibility index (Phi) is 5.63. The summed E-state index contributed by atoms with van der Waals surface area (Å²) in [5, 5.41) is 0.718. The molecule has 2 aromatic carbocycles. The van der Waals surface area contributed by atoms with Gasteiger partial charge in [0, 0.05) is 31.7 Å². The minimum atomic E-state index is -0.496. The molecule has 2 amide bonds. The van der Waals surface area contributed by atoms with Gasteiger partial charge in [-0.2, -0.15) is 0 Å². The second-order valence-corrected chi connectivity index (χ2v) is 6.40. The lowest BCUT2D eigenvalue weighted by molar-refractivity contribution is -0.133. The molecule has 1 aliphatic rings. The fourth-order valence-corrected chi connectivity index (χ4v) is 3.11. The number of benzene rings is 2. The van der Waals surface area contributed by atoms with Crippen LogP contribution in [0.25, 0.3) is 0 Å². The maximum absolute atomic E-state index is 12.3. The highest BCUT2D eigenvalue weighted by molar-refractivity contribution is 6.33. The van der Waals surface area contributed by atoms with Crippen molar-refractivity contribution in [1.82, 2.24) is 4.90 Å². The van der Waals surface area contributed by atoms with Crippen LogP contribution in [0.1, 0.15) is 10.4 Å². The maximum atomic E-state index is 12.3. The summed E-state index contributed by atoms with van der Waals surface area (Å²) in [4.78, 5) is 27.3. The van der Waals surface area contributed by atoms with Gasteiger partial charge in [0.05, 0.1) is 10.7 Å². The standard InChI is InChI=1S/C19H20ClN3O3/c20-16-3-1-2-4-17(16)22-9-11-23(12-10-22)18(24)13-26-15-7-5-14(6-8-15)19(21)25/h1-8H,9-13H2,(H2,21,25). The molecule has 6 nitrogen and oxygen atoms in total. The van der Waals surface area contributed by atoms with E-state index in [1.54, 1.807) is 29.2 Å². The Labute approximate surface area is 157 Å². The molecule has 0 saturated carbocycles. The molecule has 0 atom stereocenters. The molecular formula is C19H20ClN3O3. The average molecular weight is 374 g/mol. The van der Waals surface area contributed by atoms with E-state index in [1.807, 2.05) is 24.3 Å². The van der Waals surface area contributed by atoms with Crippen molar-refractivity contribution in [2.75, 3.05) is 37.7 Å². The summed E-state index contributed by atoms with van der Waals surface area (Å²) in [5.74, 6) is -0.0372. The summed E-state index contributed by atoms with van der Waals surface area (Å²) in [5.41, 5.74) is 6.59. The molecule has 1 fully saturated rings. The molecule has 0 aromatic heterocycles. The number of rotatable bonds is 5. The van der Waals surface area contributed by atoms with Gasteiger partial charge in [-0.3, -0.25) is 9.59 Å². The van der Waals surface area contributed by atoms with Crippen molar-refractivity contribution >= 4 is 29.1 Å². The third kappa shape index (κ3) is 4.26. The van der Waals surface area contributed by atoms with Crippen LogP contribution in [-0.4, -0.2) is 49.5 Å². The molecule has 2 N–H and O–H groups in total. The van der Waals surface area contributed by atoms with Crippen LogP contribution in [0.15, 0.2) is 48.5 Å². The first kappa shape index (κ1) is 18.1. The zero-order valence-corrected chi connectivity index (χ0v) is 15.0. The Balaban J connectivity index is 1.49. The van der Waals surface area contributed by atoms with Gasteiger partial charge in [-0.15, -0.1) is 0 Å². The molecule has 26 heavy (non-hydrogen) atoms. The van der Waals surface area contributed by atoms with E-state index in [0.29, 0.717) is 24.4 Å². The zero-order chi connectivity index (χ0) is 18.5. The van der Waals surface area contributed by atoms with Crippen molar-refractivity contribution < 1.29 is 14.3 Å². The molecule has 0 unspecified atom stereocenters. The molecule has 3 rings (SSSR count). The predicted octanol–water partition coefficient (Wildman–Crippen LogP) is 2.17. The van der Waals surface area contributed by atoms with E-state index in [2.05, 4.69) is 4.90 Å². The summed E-state index contributed by atoms with van der Waals surface area (Å²) < 4.78 is 5.51. The van der Waals surface area contributed by atoms with Crippen LogP contribution in [0.5, 0.6) is 5.75 Å². The van der Waals surface area contributed by atoms with E-state index in [0.717, 1.165) is 23.8 Å². The first-order chi connectivity index (χ1) is 12.5. The smallest absolute Gasteiger partial charge is 0.260 e. The Morgan fingerprint density at radius 2 is 1.65 bits per heavy atom. The Hall–Kier alpha value is -2.73. The fraction of sp³-hybridized carbons (Fsp3) is 0.263. The van der Waals surface area contributed by atoms with Crippen molar-refractivity contribution in [3.8, 4) is 5.75 Å². The van der Waals surface area contributed by atoms with E-state index in [-0.39, 0.29) is 12.5 Å². The summed E-state index contributed by atoms with van der Waals surface area (Å²) >= 11 is 6.23. The molecule has 0 spiro atoms. The van der Waals surface area contributed by atoms with Gasteiger partial charge < -0.3 is 20.3 Å². The number of ether oxygens (including phenoxy) is 1. The highest BCUT2D eigenvalue weighted by Gasteiger charge is 2.22. The van der Waals surface area contributed by atoms with Gasteiger partial charge >= 0.3 is 0 Å². The van der Waals surface area contributed by atoms with Crippen LogP contribution in [0.3, 0.4) is 0 Å². The Morgan fingerprint density at radius 1 is 1.00 bits per heavy atom.